The minimum atomic E-state index is -0.0471. The number of aromatic nitrogens is 1. The zero-order valence-corrected chi connectivity index (χ0v) is 11.8. The minimum Gasteiger partial charge on any atom is -0.349 e. The second kappa shape index (κ2) is 6.85. The van der Waals surface area contributed by atoms with Gasteiger partial charge in [0.15, 0.2) is 0 Å². The summed E-state index contributed by atoms with van der Waals surface area (Å²) in [5.74, 6) is -0.0471. The minimum absolute atomic E-state index is 0.0471. The molecule has 0 aliphatic carbocycles. The van der Waals surface area contributed by atoms with Crippen LogP contribution in [-0.4, -0.2) is 42.0 Å². The molecule has 100 valence electrons. The second-order valence-electron chi connectivity index (χ2n) is 4.76. The third-order valence-electron chi connectivity index (χ3n) is 3.26. The molecule has 2 rings (SSSR count). The van der Waals surface area contributed by atoms with E-state index in [1.165, 1.54) is 50.1 Å². The van der Waals surface area contributed by atoms with Crippen LogP contribution in [-0.2, 0) is 0 Å². The molecule has 0 atom stereocenters. The normalized spacial score (nSPS) is 17.4. The molecule has 1 saturated heterocycles. The van der Waals surface area contributed by atoms with E-state index in [1.54, 1.807) is 0 Å². The third kappa shape index (κ3) is 4.07. The molecule has 0 saturated carbocycles. The highest BCUT2D eigenvalue weighted by atomic mass is 32.1. The van der Waals surface area contributed by atoms with Crippen molar-refractivity contribution in [3.8, 4) is 0 Å². The Morgan fingerprint density at radius 3 is 2.72 bits per heavy atom. The number of hydrogen-bond acceptors (Lipinski definition) is 4. The maximum absolute atomic E-state index is 11.8. The first-order valence-electron chi connectivity index (χ1n) is 6.68. The predicted molar refractivity (Wildman–Crippen MR) is 74.1 cm³/mol. The first-order chi connectivity index (χ1) is 8.75. The molecule has 5 heteroatoms. The number of aryl methyl sites for hydroxylation is 1. The highest BCUT2D eigenvalue weighted by Crippen LogP contribution is 2.09. The number of nitrogens with zero attached hydrogens (tertiary/aromatic N) is 2. The maximum Gasteiger partial charge on any atom is 0.270 e. The highest BCUT2D eigenvalue weighted by Gasteiger charge is 2.11. The number of rotatable bonds is 4. The van der Waals surface area contributed by atoms with Gasteiger partial charge >= 0.3 is 0 Å². The van der Waals surface area contributed by atoms with Gasteiger partial charge in [0.05, 0.1) is 5.01 Å². The summed E-state index contributed by atoms with van der Waals surface area (Å²) in [6.45, 7) is 5.93. The average molecular weight is 267 g/mol. The quantitative estimate of drug-likeness (QED) is 0.908. The number of hydrogen-bond donors (Lipinski definition) is 1. The topological polar surface area (TPSA) is 45.2 Å². The summed E-state index contributed by atoms with van der Waals surface area (Å²) in [5.41, 5.74) is 0.549. The lowest BCUT2D eigenvalue weighted by atomic mass is 10.2. The molecule has 0 aromatic carbocycles. The van der Waals surface area contributed by atoms with Crippen LogP contribution in [0.2, 0.25) is 0 Å². The molecule has 1 amide bonds. The van der Waals surface area contributed by atoms with Crippen molar-refractivity contribution in [1.29, 1.82) is 0 Å². The van der Waals surface area contributed by atoms with Crippen molar-refractivity contribution < 1.29 is 4.79 Å². The molecule has 18 heavy (non-hydrogen) atoms. The summed E-state index contributed by atoms with van der Waals surface area (Å²) in [6, 6.07) is 0. The largest absolute Gasteiger partial charge is 0.349 e. The van der Waals surface area contributed by atoms with Gasteiger partial charge in [-0.2, -0.15) is 0 Å². The molecule has 1 N–H and O–H groups in total. The van der Waals surface area contributed by atoms with Crippen LogP contribution in [0.25, 0.3) is 0 Å². The van der Waals surface area contributed by atoms with Gasteiger partial charge in [0, 0.05) is 18.5 Å². The number of nitrogens with one attached hydrogen (secondary N) is 1. The molecule has 1 aromatic heterocycles. The molecule has 0 unspecified atom stereocenters. The van der Waals surface area contributed by atoms with Crippen LogP contribution >= 0.6 is 11.3 Å². The zero-order valence-electron chi connectivity index (χ0n) is 10.9. The van der Waals surface area contributed by atoms with Crippen LogP contribution < -0.4 is 5.32 Å². The fraction of sp³-hybridized carbons (Fsp3) is 0.692. The number of carbonyl (C=O) groups excluding carboxylic acids is 1. The van der Waals surface area contributed by atoms with Crippen molar-refractivity contribution in [3.63, 3.8) is 0 Å². The summed E-state index contributed by atoms with van der Waals surface area (Å²) in [6.07, 6.45) is 5.28. The third-order valence-corrected chi connectivity index (χ3v) is 4.04. The van der Waals surface area contributed by atoms with Crippen molar-refractivity contribution in [1.82, 2.24) is 15.2 Å². The van der Waals surface area contributed by atoms with Crippen molar-refractivity contribution >= 4 is 17.2 Å². The van der Waals surface area contributed by atoms with Crippen LogP contribution in [0.1, 0.15) is 41.2 Å². The number of carbonyl (C=O) groups is 1. The monoisotopic (exact) mass is 267 g/mol. The number of amides is 1. The lowest BCUT2D eigenvalue weighted by Crippen LogP contribution is -2.35. The summed E-state index contributed by atoms with van der Waals surface area (Å²) in [7, 11) is 0. The SMILES string of the molecule is Cc1nc(C(=O)NCCN2CCCCCC2)cs1. The van der Waals surface area contributed by atoms with E-state index in [1.807, 2.05) is 12.3 Å². The smallest absolute Gasteiger partial charge is 0.270 e. The maximum atomic E-state index is 11.8. The number of likely N-dealkylation sites (tertiary alicyclic amines) is 1. The summed E-state index contributed by atoms with van der Waals surface area (Å²) >= 11 is 1.51. The van der Waals surface area contributed by atoms with E-state index in [2.05, 4.69) is 15.2 Å². The van der Waals surface area contributed by atoms with Gasteiger partial charge < -0.3 is 10.2 Å². The Morgan fingerprint density at radius 2 is 2.11 bits per heavy atom. The fourth-order valence-electron chi connectivity index (χ4n) is 2.25. The first kappa shape index (κ1) is 13.5. The van der Waals surface area contributed by atoms with E-state index in [0.717, 1.165) is 18.1 Å². The van der Waals surface area contributed by atoms with E-state index in [9.17, 15) is 4.79 Å². The Hall–Kier alpha value is -0.940. The number of thiazole rings is 1. The Morgan fingerprint density at radius 1 is 1.39 bits per heavy atom. The lowest BCUT2D eigenvalue weighted by molar-refractivity contribution is 0.0944. The van der Waals surface area contributed by atoms with Gasteiger partial charge in [0.25, 0.3) is 5.91 Å². The van der Waals surface area contributed by atoms with Gasteiger partial charge in [-0.25, -0.2) is 4.98 Å². The summed E-state index contributed by atoms with van der Waals surface area (Å²) in [5, 5.41) is 5.70. The van der Waals surface area contributed by atoms with Crippen molar-refractivity contribution in [3.05, 3.63) is 16.1 Å². The molecule has 1 fully saturated rings. The Labute approximate surface area is 112 Å². The van der Waals surface area contributed by atoms with Crippen molar-refractivity contribution in [2.45, 2.75) is 32.6 Å². The van der Waals surface area contributed by atoms with E-state index >= 15 is 0 Å². The molecule has 1 aliphatic rings. The molecule has 0 bridgehead atoms. The standard InChI is InChI=1S/C13H21N3OS/c1-11-15-12(10-18-11)13(17)14-6-9-16-7-4-2-3-5-8-16/h10H,2-9H2,1H3,(H,14,17). The predicted octanol–water partition coefficient (Wildman–Crippen LogP) is 2.06. The zero-order chi connectivity index (χ0) is 12.8. The Kier molecular flexibility index (Phi) is 5.13. The second-order valence-corrected chi connectivity index (χ2v) is 5.83. The van der Waals surface area contributed by atoms with Crippen LogP contribution in [0, 0.1) is 6.92 Å². The van der Waals surface area contributed by atoms with Crippen molar-refractivity contribution in [2.75, 3.05) is 26.2 Å². The van der Waals surface area contributed by atoms with E-state index in [-0.39, 0.29) is 5.91 Å². The van der Waals surface area contributed by atoms with Crippen LogP contribution in [0.5, 0.6) is 0 Å². The molecule has 1 aromatic rings. The van der Waals surface area contributed by atoms with Crippen molar-refractivity contribution in [2.24, 2.45) is 0 Å². The van der Waals surface area contributed by atoms with Gasteiger partial charge in [0.2, 0.25) is 0 Å². The first-order valence-corrected chi connectivity index (χ1v) is 7.56. The van der Waals surface area contributed by atoms with Gasteiger partial charge in [0.1, 0.15) is 5.69 Å². The molecule has 4 nitrogen and oxygen atoms in total. The van der Waals surface area contributed by atoms with Crippen LogP contribution in [0.3, 0.4) is 0 Å². The van der Waals surface area contributed by atoms with Crippen LogP contribution in [0.15, 0.2) is 5.38 Å². The molecule has 0 radical (unpaired) electrons. The van der Waals surface area contributed by atoms with E-state index < -0.39 is 0 Å². The van der Waals surface area contributed by atoms with Gasteiger partial charge in [-0.3, -0.25) is 4.79 Å². The Bertz CT molecular complexity index is 383. The van der Waals surface area contributed by atoms with Gasteiger partial charge in [-0.1, -0.05) is 12.8 Å². The highest BCUT2D eigenvalue weighted by molar-refractivity contribution is 7.09. The van der Waals surface area contributed by atoms with Gasteiger partial charge in [-0.15, -0.1) is 11.3 Å². The fourth-order valence-corrected chi connectivity index (χ4v) is 2.84. The van der Waals surface area contributed by atoms with Crippen LogP contribution in [0.4, 0.5) is 0 Å². The summed E-state index contributed by atoms with van der Waals surface area (Å²) in [4.78, 5) is 18.4. The van der Waals surface area contributed by atoms with Gasteiger partial charge in [-0.05, 0) is 32.9 Å². The molecular formula is C13H21N3OS. The molecule has 1 aliphatic heterocycles. The Balaban J connectivity index is 1.69. The molecule has 2 heterocycles. The molecular weight excluding hydrogens is 246 g/mol. The van der Waals surface area contributed by atoms with E-state index in [0.29, 0.717) is 5.69 Å². The molecule has 0 spiro atoms. The lowest BCUT2D eigenvalue weighted by Gasteiger charge is -2.19. The average Bonchev–Trinajstić information content (AvgIpc) is 2.63. The van der Waals surface area contributed by atoms with E-state index in [4.69, 9.17) is 0 Å². The summed E-state index contributed by atoms with van der Waals surface area (Å²) < 4.78 is 0.